The van der Waals surface area contributed by atoms with Gasteiger partial charge >= 0.3 is 6.18 Å². The molecular formula is C15H12F3N3S. The largest absolute Gasteiger partial charge is 0.433 e. The summed E-state index contributed by atoms with van der Waals surface area (Å²) in [5.41, 5.74) is 1.04. The molecule has 0 spiro atoms. The van der Waals surface area contributed by atoms with Crippen molar-refractivity contribution in [2.24, 2.45) is 0 Å². The highest BCUT2D eigenvalue weighted by molar-refractivity contribution is 8.00. The van der Waals surface area contributed by atoms with E-state index in [-0.39, 0.29) is 5.16 Å². The zero-order valence-corrected chi connectivity index (χ0v) is 12.4. The molecule has 2 rings (SSSR count). The first-order valence-electron chi connectivity index (χ1n) is 6.40. The normalized spacial score (nSPS) is 12.7. The third kappa shape index (κ3) is 4.46. The molecule has 1 atom stereocenters. The van der Waals surface area contributed by atoms with Crippen LogP contribution in [-0.2, 0) is 12.6 Å². The molecule has 1 heterocycles. The van der Waals surface area contributed by atoms with E-state index < -0.39 is 17.1 Å². The fourth-order valence-electron chi connectivity index (χ4n) is 1.73. The lowest BCUT2D eigenvalue weighted by Gasteiger charge is -2.10. The first-order chi connectivity index (χ1) is 10.4. The molecule has 1 aromatic carbocycles. The van der Waals surface area contributed by atoms with Gasteiger partial charge in [-0.15, -0.1) is 0 Å². The molecule has 0 radical (unpaired) electrons. The number of thioether (sulfide) groups is 1. The second-order valence-corrected chi connectivity index (χ2v) is 5.82. The van der Waals surface area contributed by atoms with Crippen molar-refractivity contribution in [2.45, 2.75) is 29.9 Å². The summed E-state index contributed by atoms with van der Waals surface area (Å²) in [5.74, 6) is 0. The average molecular weight is 323 g/mol. The van der Waals surface area contributed by atoms with Crippen molar-refractivity contribution in [1.29, 1.82) is 5.26 Å². The summed E-state index contributed by atoms with van der Waals surface area (Å²) in [6.07, 6.45) is -3.04. The molecular weight excluding hydrogens is 311 g/mol. The first-order valence-corrected chi connectivity index (χ1v) is 7.28. The molecule has 0 saturated heterocycles. The number of nitriles is 1. The maximum absolute atomic E-state index is 12.6. The number of alkyl halides is 3. The molecule has 1 aromatic heterocycles. The number of benzene rings is 1. The van der Waals surface area contributed by atoms with Gasteiger partial charge in [0.25, 0.3) is 0 Å². The van der Waals surface area contributed by atoms with Crippen LogP contribution in [0.25, 0.3) is 0 Å². The molecule has 0 aliphatic carbocycles. The van der Waals surface area contributed by atoms with Crippen LogP contribution >= 0.6 is 11.8 Å². The number of aromatic nitrogens is 2. The van der Waals surface area contributed by atoms with Gasteiger partial charge in [-0.05, 0) is 25.0 Å². The van der Waals surface area contributed by atoms with Crippen molar-refractivity contribution in [3.05, 3.63) is 53.3 Å². The van der Waals surface area contributed by atoms with Gasteiger partial charge in [0.2, 0.25) is 0 Å². The van der Waals surface area contributed by atoms with Crippen LogP contribution in [0, 0.1) is 18.3 Å². The van der Waals surface area contributed by atoms with Crippen LogP contribution in [-0.4, -0.2) is 15.2 Å². The number of hydrogen-bond acceptors (Lipinski definition) is 4. The van der Waals surface area contributed by atoms with Gasteiger partial charge in [0.15, 0.2) is 5.16 Å². The van der Waals surface area contributed by atoms with Gasteiger partial charge in [-0.3, -0.25) is 0 Å². The van der Waals surface area contributed by atoms with Gasteiger partial charge in [0, 0.05) is 6.20 Å². The highest BCUT2D eigenvalue weighted by Crippen LogP contribution is 2.29. The molecule has 0 amide bonds. The van der Waals surface area contributed by atoms with E-state index in [9.17, 15) is 18.4 Å². The molecule has 0 bridgehead atoms. The lowest BCUT2D eigenvalue weighted by molar-refractivity contribution is -0.141. The predicted octanol–water partition coefficient (Wildman–Crippen LogP) is 4.03. The van der Waals surface area contributed by atoms with Crippen LogP contribution in [0.3, 0.4) is 0 Å². The van der Waals surface area contributed by atoms with Crippen LogP contribution in [0.4, 0.5) is 13.2 Å². The minimum absolute atomic E-state index is 0.0477. The van der Waals surface area contributed by atoms with Gasteiger partial charge < -0.3 is 0 Å². The van der Waals surface area contributed by atoms with Crippen LogP contribution < -0.4 is 0 Å². The molecule has 2 aromatic rings. The molecule has 0 saturated carbocycles. The Kier molecular flexibility index (Phi) is 5.03. The zero-order valence-electron chi connectivity index (χ0n) is 11.6. The summed E-state index contributed by atoms with van der Waals surface area (Å²) in [6.45, 7) is 1.96. The molecule has 0 aliphatic heterocycles. The smallest absolute Gasteiger partial charge is 0.231 e. The standard InChI is InChI=1S/C15H12F3N3S/c1-10-2-4-11(5-3-10)8-12(9-19)22-14-20-7-6-13(21-14)15(16,17)18/h2-7,12H,8H2,1H3. The molecule has 114 valence electrons. The molecule has 7 heteroatoms. The Bertz CT molecular complexity index is 678. The minimum atomic E-state index is -4.52. The quantitative estimate of drug-likeness (QED) is 0.629. The summed E-state index contributed by atoms with van der Waals surface area (Å²) in [5, 5.41) is 8.59. The molecule has 0 fully saturated rings. The molecule has 0 N–H and O–H groups in total. The van der Waals surface area contributed by atoms with Gasteiger partial charge in [-0.25, -0.2) is 9.97 Å². The van der Waals surface area contributed by atoms with E-state index in [1.54, 1.807) is 0 Å². The highest BCUT2D eigenvalue weighted by Gasteiger charge is 2.33. The van der Waals surface area contributed by atoms with E-state index in [2.05, 4.69) is 16.0 Å². The maximum Gasteiger partial charge on any atom is 0.433 e. The maximum atomic E-state index is 12.6. The van der Waals surface area contributed by atoms with E-state index in [4.69, 9.17) is 0 Å². The third-order valence-electron chi connectivity index (χ3n) is 2.86. The summed E-state index contributed by atoms with van der Waals surface area (Å²) in [6, 6.07) is 10.5. The number of aryl methyl sites for hydroxylation is 1. The second-order valence-electron chi connectivity index (χ2n) is 4.65. The van der Waals surface area contributed by atoms with Crippen molar-refractivity contribution in [2.75, 3.05) is 0 Å². The fraction of sp³-hybridized carbons (Fsp3) is 0.267. The SMILES string of the molecule is Cc1ccc(CC(C#N)Sc2nccc(C(F)(F)F)n2)cc1. The topological polar surface area (TPSA) is 49.6 Å². The Morgan fingerprint density at radius 3 is 2.50 bits per heavy atom. The minimum Gasteiger partial charge on any atom is -0.231 e. The van der Waals surface area contributed by atoms with E-state index in [0.717, 1.165) is 35.2 Å². The number of nitrogens with zero attached hydrogens (tertiary/aromatic N) is 3. The van der Waals surface area contributed by atoms with E-state index >= 15 is 0 Å². The van der Waals surface area contributed by atoms with Gasteiger partial charge in [-0.2, -0.15) is 18.4 Å². The van der Waals surface area contributed by atoms with Crippen molar-refractivity contribution < 1.29 is 13.2 Å². The summed E-state index contributed by atoms with van der Waals surface area (Å²) >= 11 is 0.935. The molecule has 1 unspecified atom stereocenters. The Labute approximate surface area is 130 Å². The van der Waals surface area contributed by atoms with Crippen LogP contribution in [0.5, 0.6) is 0 Å². The molecule has 3 nitrogen and oxygen atoms in total. The fourth-order valence-corrected chi connectivity index (χ4v) is 2.59. The Balaban J connectivity index is 2.10. The van der Waals surface area contributed by atoms with Crippen LogP contribution in [0.2, 0.25) is 0 Å². The Morgan fingerprint density at radius 2 is 1.91 bits per heavy atom. The lowest BCUT2D eigenvalue weighted by atomic mass is 10.1. The predicted molar refractivity (Wildman–Crippen MR) is 77.2 cm³/mol. The van der Waals surface area contributed by atoms with Gasteiger partial charge in [-0.1, -0.05) is 41.6 Å². The van der Waals surface area contributed by atoms with Crippen LogP contribution in [0.15, 0.2) is 41.7 Å². The van der Waals surface area contributed by atoms with Crippen molar-refractivity contribution in [3.8, 4) is 6.07 Å². The van der Waals surface area contributed by atoms with Crippen molar-refractivity contribution in [1.82, 2.24) is 9.97 Å². The third-order valence-corrected chi connectivity index (χ3v) is 3.82. The van der Waals surface area contributed by atoms with Crippen molar-refractivity contribution in [3.63, 3.8) is 0 Å². The van der Waals surface area contributed by atoms with E-state index in [0.29, 0.717) is 6.42 Å². The number of halogens is 3. The summed E-state index contributed by atoms with van der Waals surface area (Å²) < 4.78 is 37.8. The first kappa shape index (κ1) is 16.3. The Morgan fingerprint density at radius 1 is 1.23 bits per heavy atom. The Hall–Kier alpha value is -2.07. The average Bonchev–Trinajstić information content (AvgIpc) is 2.48. The number of hydrogen-bond donors (Lipinski definition) is 0. The van der Waals surface area contributed by atoms with E-state index in [1.807, 2.05) is 31.2 Å². The highest BCUT2D eigenvalue weighted by atomic mass is 32.2. The summed E-state index contributed by atoms with van der Waals surface area (Å²) in [4.78, 5) is 7.26. The number of rotatable bonds is 4. The second kappa shape index (κ2) is 6.79. The zero-order chi connectivity index (χ0) is 16.2. The van der Waals surface area contributed by atoms with Crippen LogP contribution in [0.1, 0.15) is 16.8 Å². The molecule has 0 aliphatic rings. The summed E-state index contributed by atoms with van der Waals surface area (Å²) in [7, 11) is 0. The van der Waals surface area contributed by atoms with Crippen molar-refractivity contribution >= 4 is 11.8 Å². The monoisotopic (exact) mass is 323 g/mol. The van der Waals surface area contributed by atoms with Gasteiger partial charge in [0.05, 0.1) is 6.07 Å². The lowest BCUT2D eigenvalue weighted by Crippen LogP contribution is -2.10. The van der Waals surface area contributed by atoms with E-state index in [1.165, 1.54) is 0 Å². The molecule has 22 heavy (non-hydrogen) atoms. The van der Waals surface area contributed by atoms with Gasteiger partial charge in [0.1, 0.15) is 10.9 Å².